The van der Waals surface area contributed by atoms with Crippen LogP contribution >= 0.6 is 11.6 Å². The van der Waals surface area contributed by atoms with E-state index < -0.39 is 15.8 Å². The first-order chi connectivity index (χ1) is 8.47. The van der Waals surface area contributed by atoms with Gasteiger partial charge in [-0.1, -0.05) is 18.5 Å². The first-order valence-corrected chi connectivity index (χ1v) is 7.49. The van der Waals surface area contributed by atoms with Crippen LogP contribution in [-0.2, 0) is 10.0 Å². The molecule has 2 N–H and O–H groups in total. The van der Waals surface area contributed by atoms with Crippen molar-refractivity contribution in [2.75, 3.05) is 19.6 Å². The van der Waals surface area contributed by atoms with Crippen LogP contribution in [0.3, 0.4) is 0 Å². The van der Waals surface area contributed by atoms with Gasteiger partial charge in [0.05, 0.1) is 9.92 Å². The van der Waals surface area contributed by atoms with E-state index in [1.807, 2.05) is 6.92 Å². The summed E-state index contributed by atoms with van der Waals surface area (Å²) in [6, 6.07) is 3.33. The number of hydrogen-bond donors (Lipinski definition) is 2. The van der Waals surface area contributed by atoms with Crippen molar-refractivity contribution in [1.29, 1.82) is 0 Å². The van der Waals surface area contributed by atoms with Crippen LogP contribution in [0.25, 0.3) is 0 Å². The molecule has 1 aromatic carbocycles. The van der Waals surface area contributed by atoms with E-state index in [0.29, 0.717) is 13.0 Å². The van der Waals surface area contributed by atoms with E-state index in [1.54, 1.807) is 0 Å². The largest absolute Gasteiger partial charge is 0.317 e. The Morgan fingerprint density at radius 3 is 2.67 bits per heavy atom. The van der Waals surface area contributed by atoms with Crippen molar-refractivity contribution in [2.24, 2.45) is 0 Å². The van der Waals surface area contributed by atoms with Gasteiger partial charge in [-0.15, -0.1) is 0 Å². The van der Waals surface area contributed by atoms with Gasteiger partial charge < -0.3 is 5.32 Å². The number of nitrogens with one attached hydrogen (secondary N) is 2. The summed E-state index contributed by atoms with van der Waals surface area (Å²) in [5, 5.41) is 2.88. The fourth-order valence-electron chi connectivity index (χ4n) is 1.32. The van der Waals surface area contributed by atoms with Crippen LogP contribution in [0.2, 0.25) is 5.02 Å². The third-order valence-corrected chi connectivity index (χ3v) is 4.02. The predicted octanol–water partition coefficient (Wildman–Crippen LogP) is 1.76. The summed E-state index contributed by atoms with van der Waals surface area (Å²) in [7, 11) is -3.62. The van der Waals surface area contributed by atoms with Gasteiger partial charge in [-0.05, 0) is 37.7 Å². The lowest BCUT2D eigenvalue weighted by Crippen LogP contribution is -2.27. The molecule has 0 amide bonds. The number of hydrogen-bond acceptors (Lipinski definition) is 3. The second-order valence-corrected chi connectivity index (χ2v) is 5.85. The Morgan fingerprint density at radius 1 is 1.33 bits per heavy atom. The number of halogens is 2. The van der Waals surface area contributed by atoms with Crippen LogP contribution in [0.5, 0.6) is 0 Å². The van der Waals surface area contributed by atoms with Gasteiger partial charge in [0.2, 0.25) is 10.0 Å². The molecule has 0 bridgehead atoms. The van der Waals surface area contributed by atoms with Gasteiger partial charge in [0.25, 0.3) is 0 Å². The van der Waals surface area contributed by atoms with E-state index >= 15 is 0 Å². The maximum absolute atomic E-state index is 12.9. The molecule has 0 aliphatic rings. The molecule has 0 aliphatic heterocycles. The fourth-order valence-corrected chi connectivity index (χ4v) is 2.67. The summed E-state index contributed by atoms with van der Waals surface area (Å²) < 4.78 is 39.0. The quantitative estimate of drug-likeness (QED) is 0.754. The zero-order valence-electron chi connectivity index (χ0n) is 10.0. The standard InChI is InChI=1S/C11H16ClFN2O2S/c1-2-14-6-3-7-15-18(16,17)9-4-5-11(13)10(12)8-9/h4-5,8,14-15H,2-3,6-7H2,1H3. The Morgan fingerprint density at radius 2 is 2.06 bits per heavy atom. The summed E-state index contributed by atoms with van der Waals surface area (Å²) in [5.41, 5.74) is 0. The highest BCUT2D eigenvalue weighted by atomic mass is 35.5. The van der Waals surface area contributed by atoms with E-state index in [2.05, 4.69) is 10.0 Å². The average Bonchev–Trinajstić information content (AvgIpc) is 2.32. The first kappa shape index (κ1) is 15.4. The van der Waals surface area contributed by atoms with Gasteiger partial charge in [-0.25, -0.2) is 17.5 Å². The molecule has 0 radical (unpaired) electrons. The Hall–Kier alpha value is -0.690. The number of rotatable bonds is 7. The fraction of sp³-hybridized carbons (Fsp3) is 0.455. The number of sulfonamides is 1. The van der Waals surface area contributed by atoms with E-state index in [4.69, 9.17) is 11.6 Å². The topological polar surface area (TPSA) is 58.2 Å². The third kappa shape index (κ3) is 4.53. The molecule has 1 rings (SSSR count). The van der Waals surface area contributed by atoms with Gasteiger partial charge in [0, 0.05) is 6.54 Å². The Kier molecular flexibility index (Phi) is 6.01. The van der Waals surface area contributed by atoms with Crippen molar-refractivity contribution in [3.8, 4) is 0 Å². The molecule has 102 valence electrons. The normalized spacial score (nSPS) is 11.7. The summed E-state index contributed by atoms with van der Waals surface area (Å²) in [6.07, 6.45) is 0.683. The molecule has 0 saturated carbocycles. The molecule has 1 aromatic rings. The van der Waals surface area contributed by atoms with E-state index in [9.17, 15) is 12.8 Å². The molecule has 0 aromatic heterocycles. The lowest BCUT2D eigenvalue weighted by molar-refractivity contribution is 0.574. The van der Waals surface area contributed by atoms with Crippen molar-refractivity contribution >= 4 is 21.6 Å². The SMILES string of the molecule is CCNCCCNS(=O)(=O)c1ccc(F)c(Cl)c1. The maximum atomic E-state index is 12.9. The molecule has 4 nitrogen and oxygen atoms in total. The molecule has 7 heteroatoms. The molecule has 0 unspecified atom stereocenters. The highest BCUT2D eigenvalue weighted by Crippen LogP contribution is 2.19. The molecule has 0 fully saturated rings. The minimum Gasteiger partial charge on any atom is -0.317 e. The van der Waals surface area contributed by atoms with Crippen LogP contribution in [0, 0.1) is 5.82 Å². The van der Waals surface area contributed by atoms with Crippen LogP contribution in [0.1, 0.15) is 13.3 Å². The summed E-state index contributed by atoms with van der Waals surface area (Å²) in [5.74, 6) is -0.636. The molecule has 0 heterocycles. The molecule has 0 atom stereocenters. The smallest absolute Gasteiger partial charge is 0.240 e. The van der Waals surface area contributed by atoms with Crippen molar-refractivity contribution in [1.82, 2.24) is 10.0 Å². The van der Waals surface area contributed by atoms with Crippen LogP contribution in [0.15, 0.2) is 23.1 Å². The monoisotopic (exact) mass is 294 g/mol. The highest BCUT2D eigenvalue weighted by molar-refractivity contribution is 7.89. The minimum atomic E-state index is -3.62. The predicted molar refractivity (Wildman–Crippen MR) is 69.8 cm³/mol. The van der Waals surface area contributed by atoms with Gasteiger partial charge in [0.1, 0.15) is 5.82 Å². The minimum absolute atomic E-state index is 0.0302. The van der Waals surface area contributed by atoms with Gasteiger partial charge in [-0.2, -0.15) is 0 Å². The lowest BCUT2D eigenvalue weighted by Gasteiger charge is -2.07. The van der Waals surface area contributed by atoms with Gasteiger partial charge in [-0.3, -0.25) is 0 Å². The van der Waals surface area contributed by atoms with Crippen molar-refractivity contribution in [3.05, 3.63) is 29.0 Å². The Labute approximate surface area is 112 Å². The first-order valence-electron chi connectivity index (χ1n) is 5.63. The van der Waals surface area contributed by atoms with Crippen LogP contribution in [-0.4, -0.2) is 28.1 Å². The Balaban J connectivity index is 2.60. The second kappa shape index (κ2) is 7.04. The van der Waals surface area contributed by atoms with E-state index in [1.165, 1.54) is 6.07 Å². The van der Waals surface area contributed by atoms with Crippen LogP contribution < -0.4 is 10.0 Å². The third-order valence-electron chi connectivity index (χ3n) is 2.27. The Bertz CT molecular complexity index is 494. The van der Waals surface area contributed by atoms with Gasteiger partial charge >= 0.3 is 0 Å². The summed E-state index contributed by atoms with van der Waals surface area (Å²) in [6.45, 7) is 3.89. The van der Waals surface area contributed by atoms with Crippen molar-refractivity contribution in [2.45, 2.75) is 18.2 Å². The molecule has 0 aliphatic carbocycles. The second-order valence-electron chi connectivity index (χ2n) is 3.68. The highest BCUT2D eigenvalue weighted by Gasteiger charge is 2.14. The maximum Gasteiger partial charge on any atom is 0.240 e. The lowest BCUT2D eigenvalue weighted by atomic mass is 10.3. The summed E-state index contributed by atoms with van der Waals surface area (Å²) >= 11 is 5.55. The van der Waals surface area contributed by atoms with E-state index in [0.717, 1.165) is 25.2 Å². The van der Waals surface area contributed by atoms with Gasteiger partial charge in [0.15, 0.2) is 0 Å². The average molecular weight is 295 g/mol. The van der Waals surface area contributed by atoms with Crippen LogP contribution in [0.4, 0.5) is 4.39 Å². The molecular formula is C11H16ClFN2O2S. The van der Waals surface area contributed by atoms with E-state index in [-0.39, 0.29) is 9.92 Å². The van der Waals surface area contributed by atoms with Crippen molar-refractivity contribution < 1.29 is 12.8 Å². The molecule has 0 saturated heterocycles. The zero-order chi connectivity index (χ0) is 13.6. The number of benzene rings is 1. The molecule has 18 heavy (non-hydrogen) atoms. The van der Waals surface area contributed by atoms with Crippen molar-refractivity contribution in [3.63, 3.8) is 0 Å². The molecular weight excluding hydrogens is 279 g/mol. The molecule has 0 spiro atoms. The summed E-state index contributed by atoms with van der Waals surface area (Å²) in [4.78, 5) is -0.0302. The zero-order valence-corrected chi connectivity index (χ0v) is 11.6.